The van der Waals surface area contributed by atoms with Gasteiger partial charge in [0.15, 0.2) is 0 Å². The highest BCUT2D eigenvalue weighted by atomic mass is 32.2. The molecule has 1 amide bonds. The van der Waals surface area contributed by atoms with Gasteiger partial charge in [-0.1, -0.05) is 49.1 Å². The Labute approximate surface area is 215 Å². The second kappa shape index (κ2) is 12.2. The van der Waals surface area contributed by atoms with E-state index in [1.54, 1.807) is 4.90 Å². The summed E-state index contributed by atoms with van der Waals surface area (Å²) in [5.74, 6) is 0.755. The molecule has 1 fully saturated rings. The lowest BCUT2D eigenvalue weighted by atomic mass is 10.1. The van der Waals surface area contributed by atoms with Gasteiger partial charge in [-0.15, -0.1) is 0 Å². The first kappa shape index (κ1) is 25.2. The maximum Gasteiger partial charge on any atom is 0.266 e. The summed E-state index contributed by atoms with van der Waals surface area (Å²) >= 11 is 6.83. The summed E-state index contributed by atoms with van der Waals surface area (Å²) < 4.78 is 13.5. The van der Waals surface area contributed by atoms with E-state index in [9.17, 15) is 4.79 Å². The standard InChI is InChI=1S/C27H29N3O3S2/c1-3-16-33-23-13-11-20(12-14-23)25-21(19-30(28-25)22-9-6-5-7-10-22)18-24-26(31)29(27(34)35-24)15-8-17-32-4-2/h5-7,9-14,18-19H,3-4,8,15-17H2,1-2H3/b24-18-. The first-order valence-corrected chi connectivity index (χ1v) is 13.0. The zero-order valence-corrected chi connectivity index (χ0v) is 21.6. The molecule has 8 heteroatoms. The molecule has 4 rings (SSSR count). The van der Waals surface area contributed by atoms with Crippen molar-refractivity contribution < 1.29 is 14.3 Å². The number of hydrogen-bond donors (Lipinski definition) is 0. The molecule has 0 unspecified atom stereocenters. The first-order chi connectivity index (χ1) is 17.1. The van der Waals surface area contributed by atoms with Gasteiger partial charge in [0.1, 0.15) is 10.1 Å². The Morgan fingerprint density at radius 2 is 1.83 bits per heavy atom. The van der Waals surface area contributed by atoms with Crippen molar-refractivity contribution in [1.29, 1.82) is 0 Å². The van der Waals surface area contributed by atoms with E-state index in [0.717, 1.165) is 41.1 Å². The molecular formula is C27H29N3O3S2. The van der Waals surface area contributed by atoms with E-state index in [4.69, 9.17) is 26.8 Å². The fraction of sp³-hybridized carbons (Fsp3) is 0.296. The van der Waals surface area contributed by atoms with Crippen molar-refractivity contribution in [2.24, 2.45) is 0 Å². The fourth-order valence-corrected chi connectivity index (χ4v) is 4.96. The molecule has 3 aromatic rings. The molecule has 0 spiro atoms. The summed E-state index contributed by atoms with van der Waals surface area (Å²) in [5, 5.41) is 4.87. The average molecular weight is 508 g/mol. The molecule has 2 heterocycles. The van der Waals surface area contributed by atoms with Crippen LogP contribution >= 0.6 is 24.0 Å². The molecule has 0 radical (unpaired) electrons. The zero-order chi connectivity index (χ0) is 24.6. The predicted octanol–water partition coefficient (Wildman–Crippen LogP) is 5.96. The topological polar surface area (TPSA) is 56.6 Å². The molecule has 1 aliphatic heterocycles. The van der Waals surface area contributed by atoms with E-state index in [2.05, 4.69) is 6.92 Å². The highest BCUT2D eigenvalue weighted by Crippen LogP contribution is 2.35. The van der Waals surface area contributed by atoms with Gasteiger partial charge in [-0.05, 0) is 62.2 Å². The van der Waals surface area contributed by atoms with E-state index in [1.807, 2.05) is 78.5 Å². The van der Waals surface area contributed by atoms with Gasteiger partial charge in [-0.2, -0.15) is 5.10 Å². The minimum absolute atomic E-state index is 0.0711. The number of carbonyl (C=O) groups excluding carboxylic acids is 1. The van der Waals surface area contributed by atoms with Crippen LogP contribution in [0.4, 0.5) is 0 Å². The van der Waals surface area contributed by atoms with Gasteiger partial charge in [0, 0.05) is 37.1 Å². The molecule has 1 aromatic heterocycles. The monoisotopic (exact) mass is 507 g/mol. The quantitative estimate of drug-likeness (QED) is 0.181. The van der Waals surface area contributed by atoms with Crippen molar-refractivity contribution in [2.45, 2.75) is 26.7 Å². The van der Waals surface area contributed by atoms with Crippen molar-refractivity contribution in [3.63, 3.8) is 0 Å². The number of ether oxygens (including phenoxy) is 2. The SMILES string of the molecule is CCCOc1ccc(-c2nn(-c3ccccc3)cc2/C=C2\SC(=S)N(CCCOCC)C2=O)cc1. The van der Waals surface area contributed by atoms with Gasteiger partial charge in [0.05, 0.1) is 22.9 Å². The molecular weight excluding hydrogens is 478 g/mol. The third-order valence-corrected chi connectivity index (χ3v) is 6.78. The highest BCUT2D eigenvalue weighted by Gasteiger charge is 2.32. The summed E-state index contributed by atoms with van der Waals surface area (Å²) in [6, 6.07) is 17.8. The molecule has 1 saturated heterocycles. The third-order valence-electron chi connectivity index (χ3n) is 5.40. The van der Waals surface area contributed by atoms with Gasteiger partial charge < -0.3 is 9.47 Å². The number of thioether (sulfide) groups is 1. The number of nitrogens with zero attached hydrogens (tertiary/aromatic N) is 3. The summed E-state index contributed by atoms with van der Waals surface area (Å²) in [5.41, 5.74) is 3.53. The lowest BCUT2D eigenvalue weighted by Crippen LogP contribution is -2.29. The fourth-order valence-electron chi connectivity index (χ4n) is 3.66. The Kier molecular flexibility index (Phi) is 8.74. The van der Waals surface area contributed by atoms with Gasteiger partial charge >= 0.3 is 0 Å². The van der Waals surface area contributed by atoms with Crippen LogP contribution in [0.15, 0.2) is 65.7 Å². The first-order valence-electron chi connectivity index (χ1n) is 11.8. The molecule has 0 N–H and O–H groups in total. The molecule has 2 aromatic carbocycles. The van der Waals surface area contributed by atoms with Gasteiger partial charge in [-0.25, -0.2) is 4.68 Å². The van der Waals surface area contributed by atoms with Crippen molar-refractivity contribution in [1.82, 2.24) is 14.7 Å². The molecule has 1 aliphatic rings. The highest BCUT2D eigenvalue weighted by molar-refractivity contribution is 8.26. The molecule has 0 bridgehead atoms. The summed E-state index contributed by atoms with van der Waals surface area (Å²) in [7, 11) is 0. The van der Waals surface area contributed by atoms with Gasteiger partial charge in [-0.3, -0.25) is 9.69 Å². The van der Waals surface area contributed by atoms with Crippen LogP contribution < -0.4 is 4.74 Å². The molecule has 35 heavy (non-hydrogen) atoms. The van der Waals surface area contributed by atoms with E-state index in [0.29, 0.717) is 35.6 Å². The molecule has 0 aliphatic carbocycles. The number of para-hydroxylation sites is 1. The maximum absolute atomic E-state index is 13.1. The van der Waals surface area contributed by atoms with Crippen LogP contribution in [0.3, 0.4) is 0 Å². The van der Waals surface area contributed by atoms with E-state index >= 15 is 0 Å². The number of benzene rings is 2. The van der Waals surface area contributed by atoms with Crippen LogP contribution in [0.2, 0.25) is 0 Å². The second-order valence-corrected chi connectivity index (χ2v) is 9.65. The normalized spacial score (nSPS) is 14.8. The summed E-state index contributed by atoms with van der Waals surface area (Å²) in [4.78, 5) is 15.4. The Hall–Kier alpha value is -2.94. The van der Waals surface area contributed by atoms with E-state index < -0.39 is 0 Å². The largest absolute Gasteiger partial charge is 0.494 e. The third kappa shape index (κ3) is 6.20. The van der Waals surface area contributed by atoms with Crippen molar-refractivity contribution in [2.75, 3.05) is 26.4 Å². The Morgan fingerprint density at radius 1 is 1.06 bits per heavy atom. The summed E-state index contributed by atoms with van der Waals surface area (Å²) in [6.07, 6.45) is 5.55. The van der Waals surface area contributed by atoms with Crippen molar-refractivity contribution in [3.8, 4) is 22.7 Å². The minimum atomic E-state index is -0.0711. The van der Waals surface area contributed by atoms with Crippen LogP contribution in [0.5, 0.6) is 5.75 Å². The van der Waals surface area contributed by atoms with Gasteiger partial charge in [0.2, 0.25) is 0 Å². The van der Waals surface area contributed by atoms with E-state index in [-0.39, 0.29) is 5.91 Å². The number of amides is 1. The van der Waals surface area contributed by atoms with Crippen molar-refractivity contribution in [3.05, 3.63) is 71.3 Å². The molecule has 0 atom stereocenters. The molecule has 6 nitrogen and oxygen atoms in total. The van der Waals surface area contributed by atoms with Crippen LogP contribution in [0, 0.1) is 0 Å². The van der Waals surface area contributed by atoms with Crippen LogP contribution in [-0.2, 0) is 9.53 Å². The van der Waals surface area contributed by atoms with Crippen molar-refractivity contribution >= 4 is 40.3 Å². The summed E-state index contributed by atoms with van der Waals surface area (Å²) in [6.45, 7) is 6.55. The molecule has 0 saturated carbocycles. The predicted molar refractivity (Wildman–Crippen MR) is 146 cm³/mol. The smallest absolute Gasteiger partial charge is 0.266 e. The van der Waals surface area contributed by atoms with Crippen LogP contribution in [0.25, 0.3) is 23.0 Å². The van der Waals surface area contributed by atoms with Gasteiger partial charge in [0.25, 0.3) is 5.91 Å². The Morgan fingerprint density at radius 3 is 2.54 bits per heavy atom. The number of carbonyl (C=O) groups is 1. The zero-order valence-electron chi connectivity index (χ0n) is 20.0. The lowest BCUT2D eigenvalue weighted by molar-refractivity contribution is -0.122. The molecule has 182 valence electrons. The van der Waals surface area contributed by atoms with Crippen LogP contribution in [0.1, 0.15) is 32.3 Å². The van der Waals surface area contributed by atoms with E-state index in [1.165, 1.54) is 11.8 Å². The Balaban J connectivity index is 1.64. The minimum Gasteiger partial charge on any atom is -0.494 e. The maximum atomic E-state index is 13.1. The Bertz CT molecular complexity index is 1190. The number of thiocarbonyl (C=S) groups is 1. The number of aromatic nitrogens is 2. The lowest BCUT2D eigenvalue weighted by Gasteiger charge is -2.13. The average Bonchev–Trinajstić information content (AvgIpc) is 3.42. The number of hydrogen-bond acceptors (Lipinski definition) is 6. The number of rotatable bonds is 11. The second-order valence-electron chi connectivity index (χ2n) is 7.97. The van der Waals surface area contributed by atoms with Crippen LogP contribution in [-0.4, -0.2) is 51.3 Å².